The molecule has 15 heteroatoms. The van der Waals surface area contributed by atoms with Crippen molar-refractivity contribution in [3.63, 3.8) is 0 Å². The van der Waals surface area contributed by atoms with Gasteiger partial charge in [-0.3, -0.25) is 19.4 Å². The Morgan fingerprint density at radius 1 is 1.09 bits per heavy atom. The first-order chi connectivity index (χ1) is 20.5. The van der Waals surface area contributed by atoms with E-state index < -0.39 is 29.6 Å². The molecule has 0 radical (unpaired) electrons. The van der Waals surface area contributed by atoms with Crippen molar-refractivity contribution in [3.05, 3.63) is 81.3 Å². The first-order valence-corrected chi connectivity index (χ1v) is 13.0. The first-order valence-electron chi connectivity index (χ1n) is 12.7. The maximum absolute atomic E-state index is 13.5. The number of Topliss-reactive ketones (excluding diaryl/α,β-unsaturated/α-hetero) is 1. The fraction of sp³-hybridized carbons (Fsp3) is 0.286. The lowest BCUT2D eigenvalue weighted by atomic mass is 9.98. The number of pyridine rings is 2. The van der Waals surface area contributed by atoms with E-state index >= 15 is 0 Å². The van der Waals surface area contributed by atoms with Crippen LogP contribution in [0.15, 0.2) is 58.0 Å². The number of ketones is 1. The Hall–Kier alpha value is -4.56. The number of methoxy groups -OCH3 is 2. The number of nitrogens with zero attached hydrogens (tertiary/aromatic N) is 4. The lowest BCUT2D eigenvalue weighted by Crippen LogP contribution is -2.31. The van der Waals surface area contributed by atoms with E-state index in [-0.39, 0.29) is 64.3 Å². The summed E-state index contributed by atoms with van der Waals surface area (Å²) in [6.45, 7) is 0.151. The van der Waals surface area contributed by atoms with Crippen LogP contribution in [0.2, 0.25) is 5.02 Å². The Morgan fingerprint density at radius 2 is 1.86 bits per heavy atom. The van der Waals surface area contributed by atoms with Crippen LogP contribution >= 0.6 is 11.6 Å². The van der Waals surface area contributed by atoms with E-state index in [1.807, 2.05) is 0 Å². The summed E-state index contributed by atoms with van der Waals surface area (Å²) in [5.74, 6) is -2.58. The highest BCUT2D eigenvalue weighted by Crippen LogP contribution is 2.39. The molecule has 3 aromatic heterocycles. The highest BCUT2D eigenvalue weighted by atomic mass is 35.5. The predicted molar refractivity (Wildman–Crippen MR) is 148 cm³/mol. The maximum atomic E-state index is 13.5. The van der Waals surface area contributed by atoms with Crippen LogP contribution in [0.4, 0.5) is 13.2 Å². The van der Waals surface area contributed by atoms with Crippen LogP contribution in [0.5, 0.6) is 5.75 Å². The van der Waals surface area contributed by atoms with Crippen LogP contribution in [0, 0.1) is 0 Å². The van der Waals surface area contributed by atoms with E-state index in [0.29, 0.717) is 5.56 Å². The molecule has 43 heavy (non-hydrogen) atoms. The van der Waals surface area contributed by atoms with Crippen molar-refractivity contribution in [2.24, 2.45) is 0 Å². The zero-order chi connectivity index (χ0) is 31.3. The smallest absolute Gasteiger partial charge is 0.470 e. The zero-order valence-electron chi connectivity index (χ0n) is 23.1. The first kappa shape index (κ1) is 31.4. The Labute approximate surface area is 247 Å². The fourth-order valence-corrected chi connectivity index (χ4v) is 4.48. The van der Waals surface area contributed by atoms with Crippen LogP contribution in [0.25, 0.3) is 22.6 Å². The van der Waals surface area contributed by atoms with Crippen molar-refractivity contribution in [1.29, 1.82) is 0 Å². The minimum atomic E-state index is -4.86. The average molecular weight is 620 g/mol. The van der Waals surface area contributed by atoms with Gasteiger partial charge in [0.1, 0.15) is 11.4 Å². The number of halogens is 4. The van der Waals surface area contributed by atoms with E-state index in [1.165, 1.54) is 68.6 Å². The average Bonchev–Trinajstić information content (AvgIpc) is 3.49. The van der Waals surface area contributed by atoms with Crippen LogP contribution in [0.1, 0.15) is 34.4 Å². The minimum Gasteiger partial charge on any atom is -0.495 e. The second kappa shape index (κ2) is 13.2. The van der Waals surface area contributed by atoms with Crippen molar-refractivity contribution in [2.45, 2.75) is 25.1 Å². The molecule has 0 aliphatic carbocycles. The lowest BCUT2D eigenvalue weighted by Gasteiger charge is -2.21. The van der Waals surface area contributed by atoms with Crippen LogP contribution in [0.3, 0.4) is 0 Å². The van der Waals surface area contributed by atoms with Gasteiger partial charge in [-0.25, -0.2) is 0 Å². The van der Waals surface area contributed by atoms with Gasteiger partial charge in [0.15, 0.2) is 5.78 Å². The van der Waals surface area contributed by atoms with Gasteiger partial charge in [0.25, 0.3) is 11.5 Å². The molecule has 0 spiro atoms. The molecule has 0 saturated carbocycles. The number of rotatable bonds is 11. The third-order valence-corrected chi connectivity index (χ3v) is 6.63. The molecule has 0 fully saturated rings. The van der Waals surface area contributed by atoms with E-state index in [2.05, 4.69) is 20.5 Å². The number of ether oxygens (including phenoxy) is 2. The van der Waals surface area contributed by atoms with E-state index in [1.54, 1.807) is 6.07 Å². The molecular weight excluding hydrogens is 595 g/mol. The summed E-state index contributed by atoms with van der Waals surface area (Å²) in [6, 6.07) is 7.50. The monoisotopic (exact) mass is 619 g/mol. The summed E-state index contributed by atoms with van der Waals surface area (Å²) in [5.41, 5.74) is 0.529. The fourth-order valence-electron chi connectivity index (χ4n) is 4.31. The summed E-state index contributed by atoms with van der Waals surface area (Å²) < 4.78 is 56.1. The van der Waals surface area contributed by atoms with Crippen molar-refractivity contribution < 1.29 is 36.7 Å². The number of hydrogen-bond acceptors (Lipinski definition) is 9. The van der Waals surface area contributed by atoms with Gasteiger partial charge in [-0.2, -0.15) is 13.2 Å². The predicted octanol–water partition coefficient (Wildman–Crippen LogP) is 4.39. The van der Waals surface area contributed by atoms with Gasteiger partial charge in [-0.1, -0.05) is 17.7 Å². The number of aromatic nitrogens is 4. The Balaban J connectivity index is 1.74. The van der Waals surface area contributed by atoms with Gasteiger partial charge >= 0.3 is 12.1 Å². The molecule has 0 bridgehead atoms. The molecule has 0 aliphatic heterocycles. The molecule has 11 nitrogen and oxygen atoms in total. The molecule has 4 rings (SSSR count). The maximum Gasteiger partial charge on any atom is 0.470 e. The number of nitrogens with one attached hydrogen (secondary N) is 1. The van der Waals surface area contributed by atoms with E-state index in [9.17, 15) is 27.6 Å². The molecule has 1 atom stereocenters. The van der Waals surface area contributed by atoms with Crippen molar-refractivity contribution >= 4 is 23.3 Å². The molecule has 1 N–H and O–H groups in total. The number of hydrogen-bond donors (Lipinski definition) is 1. The molecule has 1 amide bonds. The highest BCUT2D eigenvalue weighted by molar-refractivity contribution is 6.31. The third kappa shape index (κ3) is 7.09. The van der Waals surface area contributed by atoms with Crippen LogP contribution in [-0.2, 0) is 22.1 Å². The Morgan fingerprint density at radius 3 is 2.47 bits per heavy atom. The minimum absolute atomic E-state index is 0.0718. The highest BCUT2D eigenvalue weighted by Gasteiger charge is 2.38. The second-order valence-electron chi connectivity index (χ2n) is 9.17. The van der Waals surface area contributed by atoms with Gasteiger partial charge in [0, 0.05) is 55.6 Å². The van der Waals surface area contributed by atoms with Crippen molar-refractivity contribution in [3.8, 4) is 28.3 Å². The van der Waals surface area contributed by atoms with Crippen LogP contribution < -0.4 is 15.6 Å². The Kier molecular flexibility index (Phi) is 9.61. The lowest BCUT2D eigenvalue weighted by molar-refractivity contribution is -0.157. The van der Waals surface area contributed by atoms with Gasteiger partial charge < -0.3 is 23.8 Å². The number of benzene rings is 1. The van der Waals surface area contributed by atoms with E-state index in [0.717, 1.165) is 0 Å². The van der Waals surface area contributed by atoms with Gasteiger partial charge in [-0.15, -0.1) is 10.2 Å². The molecular formula is C28H25ClF3N5O6. The summed E-state index contributed by atoms with van der Waals surface area (Å²) in [5, 5.41) is 9.27. The summed E-state index contributed by atoms with van der Waals surface area (Å²) in [7, 11) is 4.26. The van der Waals surface area contributed by atoms with Crippen LogP contribution in [-0.4, -0.2) is 59.3 Å². The molecule has 226 valence electrons. The second-order valence-corrected chi connectivity index (χ2v) is 9.61. The summed E-state index contributed by atoms with van der Waals surface area (Å²) in [6.07, 6.45) is -2.07. The summed E-state index contributed by atoms with van der Waals surface area (Å²) >= 11 is 6.20. The third-order valence-electron chi connectivity index (χ3n) is 6.40. The normalized spacial score (nSPS) is 12.2. The molecule has 3 heterocycles. The van der Waals surface area contributed by atoms with Gasteiger partial charge in [-0.05, 0) is 41.8 Å². The van der Waals surface area contributed by atoms with Gasteiger partial charge in [0.2, 0.25) is 5.89 Å². The molecule has 0 aliphatic rings. The van der Waals surface area contributed by atoms with Crippen molar-refractivity contribution in [1.82, 2.24) is 25.1 Å². The summed E-state index contributed by atoms with van der Waals surface area (Å²) in [4.78, 5) is 42.8. The van der Waals surface area contributed by atoms with E-state index in [4.69, 9.17) is 25.5 Å². The number of carbonyl (C=O) groups excluding carboxylic acids is 2. The number of alkyl halides is 3. The quantitative estimate of drug-likeness (QED) is 0.259. The number of carbonyl (C=O) groups is 2. The topological polar surface area (TPSA) is 138 Å². The standard InChI is InChI=1S/C28H25ClF3N5O6/c1-33-25(40)20-7-4-15(13-34-20)10-22(38)21(8-9-41-2)37-14-23(42-3)19(12-24(37)39)18-11-16(29)5-6-17(18)26-35-36-27(43-26)28(30,31)32/h4-7,11-14,21H,8-10H2,1-3H3,(H,33,40). The zero-order valence-corrected chi connectivity index (χ0v) is 23.8. The van der Waals surface area contributed by atoms with Crippen molar-refractivity contribution in [2.75, 3.05) is 27.9 Å². The Bertz CT molecular complexity index is 1690. The number of amides is 1. The molecule has 4 aromatic rings. The largest absolute Gasteiger partial charge is 0.495 e. The van der Waals surface area contributed by atoms with Gasteiger partial charge in [0.05, 0.1) is 19.3 Å². The molecule has 0 saturated heterocycles. The molecule has 1 unspecified atom stereocenters. The molecule has 1 aromatic carbocycles. The SMILES string of the molecule is CNC(=O)c1ccc(CC(=O)C(CCOC)n2cc(OC)c(-c3cc(Cl)ccc3-c3nnc(C(F)(F)F)o3)cc2=O)cn1.